The molecule has 0 amide bonds. The summed E-state index contributed by atoms with van der Waals surface area (Å²) in [6.07, 6.45) is 0.117. The first-order valence-electron chi connectivity index (χ1n) is 6.73. The molecule has 0 atom stereocenters. The second-order valence-corrected chi connectivity index (χ2v) is 17.5. The zero-order valence-corrected chi connectivity index (χ0v) is 22.2. The molecular weight excluding hydrogens is 606 g/mol. The fourth-order valence-corrected chi connectivity index (χ4v) is 13.2. The minimum Gasteiger partial charge on any atom is -1.00 e. The molecule has 0 aliphatic carbocycles. The van der Waals surface area contributed by atoms with Crippen LogP contribution in [0.15, 0.2) is 0 Å². The van der Waals surface area contributed by atoms with Gasteiger partial charge in [-0.1, -0.05) is 0 Å². The topological polar surface area (TPSA) is 310 Å². The van der Waals surface area contributed by atoms with Crippen LogP contribution < -0.4 is 18.9 Å². The average Bonchev–Trinajstić information content (AvgIpc) is 2.23. The largest absolute Gasteiger partial charge is 1.00 e. The van der Waals surface area contributed by atoms with Gasteiger partial charge in [-0.05, 0) is 0 Å². The van der Waals surface area contributed by atoms with Crippen LogP contribution in [0.5, 0.6) is 0 Å². The van der Waals surface area contributed by atoms with Gasteiger partial charge in [0.25, 0.3) is 60.7 Å². The molecule has 27 heteroatoms. The van der Waals surface area contributed by atoms with E-state index < -0.39 is 90.5 Å². The molecule has 196 valence electrons. The summed E-state index contributed by atoms with van der Waals surface area (Å²) in [6, 6.07) is 0. The summed E-state index contributed by atoms with van der Waals surface area (Å²) in [4.78, 5) is 0. The van der Waals surface area contributed by atoms with Gasteiger partial charge < -0.3 is 1.43 Å². The summed E-state index contributed by atoms with van der Waals surface area (Å²) in [5, 5.41) is 0. The Balaban J connectivity index is -0.00000480. The number of phosphoric acid groups is 1. The smallest absolute Gasteiger partial charge is 1.00 e. The normalized spacial score (nSPS) is 15.1. The van der Waals surface area contributed by atoms with Crippen molar-refractivity contribution >= 4 is 68.5 Å². The summed E-state index contributed by atoms with van der Waals surface area (Å²) in [5.41, 5.74) is 0. The third-order valence-electron chi connectivity index (χ3n) is 2.51. The second kappa shape index (κ2) is 10.7. The van der Waals surface area contributed by atoms with Crippen molar-refractivity contribution in [2.75, 3.05) is 29.8 Å². The van der Waals surface area contributed by atoms with Crippen molar-refractivity contribution < 1.29 is 101 Å². The zero-order chi connectivity index (χ0) is 26.2. The van der Waals surface area contributed by atoms with Crippen molar-refractivity contribution in [1.29, 1.82) is 0 Å². The molecule has 0 aromatic carbocycles. The van der Waals surface area contributed by atoms with Crippen molar-refractivity contribution in [3.8, 4) is 0 Å². The molecule has 3 N–H and O–H groups in total. The minimum absolute atomic E-state index is 0. The average molecular weight is 622 g/mol. The van der Waals surface area contributed by atoms with Gasteiger partial charge in [-0.25, -0.2) is 4.57 Å². The Morgan fingerprint density at radius 3 is 1.06 bits per heavy atom. The SMILES string of the molecule is CS(=O)(=O)OP(=O)(OS(C)(=O)=O)OS(=O)(=O)C(CS(=O)(=O)O)(CS(=O)(=O)O)CS(=O)(=O)O.[H-].[Li+]. The quantitative estimate of drug-likeness (QED) is 0.0977. The molecule has 0 heterocycles. The van der Waals surface area contributed by atoms with E-state index >= 15 is 0 Å². The van der Waals surface area contributed by atoms with Gasteiger partial charge in [0.1, 0.15) is 4.75 Å². The van der Waals surface area contributed by atoms with Gasteiger partial charge in [0, 0.05) is 0 Å². The predicted molar refractivity (Wildman–Crippen MR) is 103 cm³/mol. The Labute approximate surface area is 203 Å². The van der Waals surface area contributed by atoms with E-state index in [1.54, 1.807) is 0 Å². The third-order valence-corrected chi connectivity index (χ3v) is 12.4. The fraction of sp³-hybridized carbons (Fsp3) is 1.00. The van der Waals surface area contributed by atoms with E-state index in [1.807, 2.05) is 0 Å². The zero-order valence-electron chi connectivity index (χ0n) is 17.4. The molecule has 33 heavy (non-hydrogen) atoms. The van der Waals surface area contributed by atoms with E-state index in [4.69, 9.17) is 13.7 Å². The molecule has 0 radical (unpaired) electrons. The molecule has 0 aromatic rings. The first-order valence-corrected chi connectivity index (χ1v) is 18.1. The minimum atomic E-state index is -6.55. The van der Waals surface area contributed by atoms with Crippen LogP contribution in [-0.4, -0.2) is 98.7 Å². The maximum atomic E-state index is 12.6. The molecule has 0 bridgehead atoms. The van der Waals surface area contributed by atoms with Crippen molar-refractivity contribution in [2.24, 2.45) is 0 Å². The molecule has 0 aliphatic rings. The standard InChI is InChI=1S/C6H15O19PS6.Li.H/c1-27(8,9)23-26(7,24-28(2,10)11)25-32(21,22)6(3-29(12,13)14,4-30(15,16)17)5-31(18,19)20;;/h3-5H2,1-2H3,(H,12,13,14)(H,15,16,17)(H,18,19,20);;/q;+1;-1. The maximum Gasteiger partial charge on any atom is 1.00 e. The van der Waals surface area contributed by atoms with Gasteiger partial charge in [-0.2, -0.15) is 62.4 Å². The van der Waals surface area contributed by atoms with Gasteiger partial charge in [-0.15, -0.1) is 0 Å². The first kappa shape index (κ1) is 35.4. The van der Waals surface area contributed by atoms with Gasteiger partial charge in [0.05, 0.1) is 29.8 Å². The monoisotopic (exact) mass is 622 g/mol. The molecule has 0 spiro atoms. The van der Waals surface area contributed by atoms with E-state index in [1.165, 1.54) is 0 Å². The summed E-state index contributed by atoms with van der Waals surface area (Å²) in [5.74, 6) is -7.50. The number of hydrogen-bond donors (Lipinski definition) is 3. The molecule has 0 aromatic heterocycles. The Hall–Kier alpha value is 0.287. The Morgan fingerprint density at radius 2 is 0.879 bits per heavy atom. The predicted octanol–water partition coefficient (Wildman–Crippen LogP) is -6.09. The van der Waals surface area contributed by atoms with Gasteiger partial charge >= 0.3 is 26.7 Å². The molecule has 0 aliphatic heterocycles. The van der Waals surface area contributed by atoms with E-state index in [-0.39, 0.29) is 32.8 Å². The number of rotatable bonds is 13. The van der Waals surface area contributed by atoms with Crippen molar-refractivity contribution in [3.05, 3.63) is 0 Å². The summed E-state index contributed by atoms with van der Waals surface area (Å²) in [6.45, 7) is 0. The molecule has 0 unspecified atom stereocenters. The van der Waals surface area contributed by atoms with E-state index in [9.17, 15) is 55.1 Å². The Bertz CT molecular complexity index is 1300. The van der Waals surface area contributed by atoms with E-state index in [0.717, 1.165) is 0 Å². The molecule has 19 nitrogen and oxygen atoms in total. The van der Waals surface area contributed by atoms with Gasteiger partial charge in [-0.3, -0.25) is 13.7 Å². The van der Waals surface area contributed by atoms with Gasteiger partial charge in [0.2, 0.25) is 0 Å². The molecule has 0 saturated heterocycles. The van der Waals surface area contributed by atoms with E-state index in [2.05, 4.69) is 11.9 Å². The van der Waals surface area contributed by atoms with Gasteiger partial charge in [0.15, 0.2) is 0 Å². The van der Waals surface area contributed by atoms with Crippen molar-refractivity contribution in [1.82, 2.24) is 0 Å². The van der Waals surface area contributed by atoms with Crippen LogP contribution in [0.3, 0.4) is 0 Å². The van der Waals surface area contributed by atoms with Crippen LogP contribution in [-0.2, 0) is 77.2 Å². The molecular formula is C6H16LiO19PS6. The van der Waals surface area contributed by atoms with Crippen LogP contribution in [0.25, 0.3) is 0 Å². The summed E-state index contributed by atoms with van der Waals surface area (Å²) in [7, 11) is -40.5. The molecule has 0 rings (SSSR count). The fourth-order valence-electron chi connectivity index (χ4n) is 1.91. The van der Waals surface area contributed by atoms with Crippen LogP contribution >= 0.6 is 7.82 Å². The maximum absolute atomic E-state index is 12.6. The molecule has 0 fully saturated rings. The van der Waals surface area contributed by atoms with Crippen LogP contribution in [0.1, 0.15) is 1.43 Å². The second-order valence-electron chi connectivity index (χ2n) is 5.89. The Kier molecular flexibility index (Phi) is 11.5. The molecule has 0 saturated carbocycles. The van der Waals surface area contributed by atoms with E-state index in [0.29, 0.717) is 0 Å². The Morgan fingerprint density at radius 1 is 0.636 bits per heavy atom. The summed E-state index contributed by atoms with van der Waals surface area (Å²) < 4.78 is 183. The van der Waals surface area contributed by atoms with Crippen molar-refractivity contribution in [3.63, 3.8) is 0 Å². The van der Waals surface area contributed by atoms with Crippen molar-refractivity contribution in [2.45, 2.75) is 4.75 Å². The number of hydrogen-bond acceptors (Lipinski definition) is 16. The first-order chi connectivity index (χ1) is 13.5. The summed E-state index contributed by atoms with van der Waals surface area (Å²) >= 11 is 0. The van der Waals surface area contributed by atoms with Crippen LogP contribution in [0.2, 0.25) is 0 Å². The third kappa shape index (κ3) is 14.4. The van der Waals surface area contributed by atoms with Crippen LogP contribution in [0.4, 0.5) is 0 Å². The van der Waals surface area contributed by atoms with Crippen LogP contribution in [0, 0.1) is 0 Å².